The molecule has 0 aromatic rings. The van der Waals surface area contributed by atoms with Crippen LogP contribution >= 0.6 is 0 Å². The van der Waals surface area contributed by atoms with Crippen LogP contribution in [0.3, 0.4) is 0 Å². The number of rotatable bonds is 2. The number of hydrogen-bond acceptors (Lipinski definition) is 1. The minimum absolute atomic E-state index is 0.194. The van der Waals surface area contributed by atoms with E-state index in [0.717, 1.165) is 0 Å². The van der Waals surface area contributed by atoms with Gasteiger partial charge in [0, 0.05) is 12.4 Å². The number of hydrogen-bond donors (Lipinski definition) is 0. The van der Waals surface area contributed by atoms with Crippen LogP contribution in [-0.2, 0) is 0 Å². The predicted molar refractivity (Wildman–Crippen MR) is 56.5 cm³/mol. The van der Waals surface area contributed by atoms with Gasteiger partial charge >= 0.3 is 0 Å². The fraction of sp³-hybridized carbons (Fsp3) is 0.545. The van der Waals surface area contributed by atoms with Crippen molar-refractivity contribution in [2.45, 2.75) is 34.6 Å². The second-order valence-corrected chi connectivity index (χ2v) is 3.75. The summed E-state index contributed by atoms with van der Waals surface area (Å²) >= 11 is 0. The van der Waals surface area contributed by atoms with Crippen molar-refractivity contribution in [1.82, 2.24) is 0 Å². The molecule has 0 atom stereocenters. The Morgan fingerprint density at radius 1 is 1.17 bits per heavy atom. The Kier molecular flexibility index (Phi) is 4.57. The summed E-state index contributed by atoms with van der Waals surface area (Å²) in [5.41, 5.74) is 1.46. The van der Waals surface area contributed by atoms with Gasteiger partial charge in [0.25, 0.3) is 0 Å². The molecule has 0 aliphatic carbocycles. The molecule has 0 saturated carbocycles. The van der Waals surface area contributed by atoms with Crippen LogP contribution in [0.1, 0.15) is 34.6 Å². The summed E-state index contributed by atoms with van der Waals surface area (Å²) in [6.45, 7) is 10.6. The van der Waals surface area contributed by atoms with E-state index in [1.54, 1.807) is 6.20 Å². The van der Waals surface area contributed by atoms with E-state index in [4.69, 9.17) is 0 Å². The zero-order chi connectivity index (χ0) is 9.61. The fourth-order valence-corrected chi connectivity index (χ4v) is 0.911. The Balaban J connectivity index is 4.41. The van der Waals surface area contributed by atoms with E-state index in [0.29, 0.717) is 0 Å². The van der Waals surface area contributed by atoms with E-state index in [1.807, 2.05) is 26.1 Å². The van der Waals surface area contributed by atoms with Crippen LogP contribution in [0.4, 0.5) is 0 Å². The quantitative estimate of drug-likeness (QED) is 0.554. The number of nitrogens with zero attached hydrogens (tertiary/aromatic N) is 1. The third-order valence-corrected chi connectivity index (χ3v) is 1.63. The lowest BCUT2D eigenvalue weighted by Gasteiger charge is -2.18. The molecule has 0 saturated heterocycles. The van der Waals surface area contributed by atoms with E-state index in [1.165, 1.54) is 5.57 Å². The van der Waals surface area contributed by atoms with Crippen LogP contribution in [0.15, 0.2) is 28.9 Å². The van der Waals surface area contributed by atoms with Gasteiger partial charge in [0.05, 0.1) is 0 Å². The van der Waals surface area contributed by atoms with Crippen LogP contribution in [-0.4, -0.2) is 6.21 Å². The van der Waals surface area contributed by atoms with Crippen molar-refractivity contribution >= 4 is 6.21 Å². The molecule has 1 heteroatoms. The molecule has 12 heavy (non-hydrogen) atoms. The van der Waals surface area contributed by atoms with Gasteiger partial charge in [-0.2, -0.15) is 0 Å². The average molecular weight is 165 g/mol. The molecule has 0 heterocycles. The van der Waals surface area contributed by atoms with E-state index in [-0.39, 0.29) is 5.41 Å². The molecule has 0 spiro atoms. The summed E-state index contributed by atoms with van der Waals surface area (Å²) < 4.78 is 0. The van der Waals surface area contributed by atoms with E-state index in [2.05, 4.69) is 31.8 Å². The zero-order valence-electron chi connectivity index (χ0n) is 8.76. The van der Waals surface area contributed by atoms with Gasteiger partial charge in [-0.15, -0.1) is 0 Å². The lowest BCUT2D eigenvalue weighted by molar-refractivity contribution is 0.526. The monoisotopic (exact) mass is 165 g/mol. The molecular formula is C11H19N. The Morgan fingerprint density at radius 3 is 2.08 bits per heavy atom. The lowest BCUT2D eigenvalue weighted by Crippen LogP contribution is -2.09. The van der Waals surface area contributed by atoms with E-state index < -0.39 is 0 Å². The zero-order valence-corrected chi connectivity index (χ0v) is 8.76. The topological polar surface area (TPSA) is 12.4 Å². The minimum atomic E-state index is 0.194. The highest BCUT2D eigenvalue weighted by Gasteiger charge is 2.13. The van der Waals surface area contributed by atoms with Crippen LogP contribution in [0, 0.1) is 5.41 Å². The highest BCUT2D eigenvalue weighted by Crippen LogP contribution is 2.23. The molecule has 0 aromatic carbocycles. The second-order valence-electron chi connectivity index (χ2n) is 3.75. The van der Waals surface area contributed by atoms with Gasteiger partial charge in [0.2, 0.25) is 0 Å². The van der Waals surface area contributed by atoms with Gasteiger partial charge in [0.1, 0.15) is 0 Å². The molecule has 68 valence electrons. The maximum atomic E-state index is 4.15. The largest absolute Gasteiger partial charge is 0.265 e. The molecule has 0 N–H and O–H groups in total. The van der Waals surface area contributed by atoms with Crippen LogP contribution < -0.4 is 0 Å². The first kappa shape index (κ1) is 11.2. The molecule has 0 amide bonds. The van der Waals surface area contributed by atoms with Crippen molar-refractivity contribution in [3.63, 3.8) is 0 Å². The summed E-state index contributed by atoms with van der Waals surface area (Å²) in [7, 11) is 0. The smallest absolute Gasteiger partial charge is 0.0301 e. The van der Waals surface area contributed by atoms with Crippen molar-refractivity contribution in [2.75, 3.05) is 0 Å². The molecule has 0 bridgehead atoms. The Morgan fingerprint density at radius 2 is 1.75 bits per heavy atom. The summed E-state index contributed by atoms with van der Waals surface area (Å²) in [6, 6.07) is 0. The maximum absolute atomic E-state index is 4.15. The van der Waals surface area contributed by atoms with Crippen molar-refractivity contribution in [2.24, 2.45) is 10.4 Å². The highest BCUT2D eigenvalue weighted by atomic mass is 14.7. The van der Waals surface area contributed by atoms with Gasteiger partial charge < -0.3 is 0 Å². The van der Waals surface area contributed by atoms with Crippen molar-refractivity contribution in [3.8, 4) is 0 Å². The summed E-state index contributed by atoms with van der Waals surface area (Å²) in [4.78, 5) is 4.15. The third-order valence-electron chi connectivity index (χ3n) is 1.63. The van der Waals surface area contributed by atoms with Crippen molar-refractivity contribution in [1.29, 1.82) is 0 Å². The Hall–Kier alpha value is -0.850. The summed E-state index contributed by atoms with van der Waals surface area (Å²) in [5.74, 6) is 0. The molecule has 0 rings (SSSR count). The first-order chi connectivity index (χ1) is 5.52. The average Bonchev–Trinajstić information content (AvgIpc) is 1.95. The second kappa shape index (κ2) is 4.91. The number of aliphatic imine (C=N–C) groups is 1. The Labute approximate surface area is 75.9 Å². The van der Waals surface area contributed by atoms with Gasteiger partial charge in [-0.3, -0.25) is 4.99 Å². The standard InChI is InChI=1S/C11H19N/c1-6-8-12-9-10(7-2)11(3,4)5/h6-9H,1-5H3/b8-6-,10-7+,12-9-. The van der Waals surface area contributed by atoms with Gasteiger partial charge in [-0.25, -0.2) is 0 Å². The molecule has 1 nitrogen and oxygen atoms in total. The fourth-order valence-electron chi connectivity index (χ4n) is 0.911. The SMILES string of the molecule is C\C=C/N=C\C(=C/C)C(C)(C)C. The highest BCUT2D eigenvalue weighted by molar-refractivity contribution is 5.80. The van der Waals surface area contributed by atoms with Crippen LogP contribution in [0.2, 0.25) is 0 Å². The van der Waals surface area contributed by atoms with Gasteiger partial charge in [-0.1, -0.05) is 32.9 Å². The molecule has 0 aromatic heterocycles. The molecule has 0 aliphatic rings. The molecule has 0 radical (unpaired) electrons. The number of allylic oxidation sites excluding steroid dienone is 3. The summed E-state index contributed by atoms with van der Waals surface area (Å²) in [6.07, 6.45) is 7.74. The first-order valence-electron chi connectivity index (χ1n) is 4.33. The lowest BCUT2D eigenvalue weighted by atomic mass is 9.87. The normalized spacial score (nSPS) is 14.9. The first-order valence-corrected chi connectivity index (χ1v) is 4.33. The molecular weight excluding hydrogens is 146 g/mol. The van der Waals surface area contributed by atoms with Crippen LogP contribution in [0.25, 0.3) is 0 Å². The van der Waals surface area contributed by atoms with E-state index in [9.17, 15) is 0 Å². The summed E-state index contributed by atoms with van der Waals surface area (Å²) in [5, 5.41) is 0. The van der Waals surface area contributed by atoms with Crippen molar-refractivity contribution < 1.29 is 0 Å². The van der Waals surface area contributed by atoms with Gasteiger partial charge in [0.15, 0.2) is 0 Å². The molecule has 0 fully saturated rings. The predicted octanol–water partition coefficient (Wildman–Crippen LogP) is 3.58. The van der Waals surface area contributed by atoms with E-state index >= 15 is 0 Å². The van der Waals surface area contributed by atoms with Gasteiger partial charge in [-0.05, 0) is 24.8 Å². The Bertz CT molecular complexity index is 202. The molecule has 0 unspecified atom stereocenters. The third kappa shape index (κ3) is 4.12. The van der Waals surface area contributed by atoms with Crippen LogP contribution in [0.5, 0.6) is 0 Å². The minimum Gasteiger partial charge on any atom is -0.265 e. The molecule has 0 aliphatic heterocycles. The maximum Gasteiger partial charge on any atom is 0.0301 e. The van der Waals surface area contributed by atoms with Crippen molar-refractivity contribution in [3.05, 3.63) is 23.9 Å².